The summed E-state index contributed by atoms with van der Waals surface area (Å²) in [5.41, 5.74) is 8.80. The summed E-state index contributed by atoms with van der Waals surface area (Å²) in [5.74, 6) is -0.875. The Morgan fingerprint density at radius 1 is 1.27 bits per heavy atom. The van der Waals surface area contributed by atoms with E-state index in [4.69, 9.17) is 22.1 Å². The summed E-state index contributed by atoms with van der Waals surface area (Å²) in [6.07, 6.45) is 12.0. The van der Waals surface area contributed by atoms with Crippen LogP contribution in [-0.4, -0.2) is 23.1 Å². The quantitative estimate of drug-likeness (QED) is 0.194. The Kier molecular flexibility index (Phi) is 9.75. The van der Waals surface area contributed by atoms with Crippen LogP contribution in [0.2, 0.25) is 0 Å². The fraction of sp³-hybridized carbons (Fsp3) is 0.400. The van der Waals surface area contributed by atoms with E-state index < -0.39 is 5.97 Å². The molecule has 1 aliphatic rings. The summed E-state index contributed by atoms with van der Waals surface area (Å²) in [5, 5.41) is 9.60. The lowest BCUT2D eigenvalue weighted by Crippen LogP contribution is -2.19. The van der Waals surface area contributed by atoms with Gasteiger partial charge in [-0.1, -0.05) is 68.7 Å². The second kappa shape index (κ2) is 12.3. The van der Waals surface area contributed by atoms with Crippen molar-refractivity contribution in [3.8, 4) is 0 Å². The number of carboxylic acids is 1. The molecule has 0 bridgehead atoms. The van der Waals surface area contributed by atoms with Crippen LogP contribution >= 0.6 is 11.6 Å². The molecule has 162 valence electrons. The summed E-state index contributed by atoms with van der Waals surface area (Å²) >= 11 is 6.17. The molecule has 4 nitrogen and oxygen atoms in total. The monoisotopic (exact) mass is 429 g/mol. The van der Waals surface area contributed by atoms with Gasteiger partial charge in [0, 0.05) is 11.1 Å². The lowest BCUT2D eigenvalue weighted by atomic mass is 9.87. The molecule has 1 aliphatic carbocycles. The van der Waals surface area contributed by atoms with Crippen LogP contribution in [0.5, 0.6) is 0 Å². The van der Waals surface area contributed by atoms with E-state index in [1.165, 1.54) is 0 Å². The molecule has 0 radical (unpaired) electrons. The maximum atomic E-state index is 12.1. The average molecular weight is 430 g/mol. The number of unbranched alkanes of at least 4 members (excludes halogenated alkanes) is 3. The number of allylic oxidation sites excluding steroid dienone is 3. The zero-order valence-corrected chi connectivity index (χ0v) is 18.6. The Hall–Kier alpha value is -2.46. The molecule has 0 amide bonds. The molecule has 0 spiro atoms. The smallest absolute Gasteiger partial charge is 0.335 e. The summed E-state index contributed by atoms with van der Waals surface area (Å²) in [6.45, 7) is 4.42. The molecular formula is C25H32ClNO3. The van der Waals surface area contributed by atoms with Crippen LogP contribution < -0.4 is 5.73 Å². The molecular weight excluding hydrogens is 398 g/mol. The molecule has 0 aliphatic heterocycles. The topological polar surface area (TPSA) is 72.5 Å². The van der Waals surface area contributed by atoms with E-state index in [0.29, 0.717) is 18.1 Å². The molecule has 0 aromatic heterocycles. The number of nitrogens with two attached hydrogens (primary N) is 1. The van der Waals surface area contributed by atoms with E-state index in [2.05, 4.69) is 6.92 Å². The van der Waals surface area contributed by atoms with Crippen molar-refractivity contribution < 1.29 is 14.6 Å². The standard InChI is InChI=1S/C25H32ClNO3/c1-3-4-5-9-14-30-24(23(25(28)29)15-18(2)26)22-13-12-21(27)17-20(22)16-19-10-7-6-8-11-19/h6-8,10-13,16-18,22H,3-5,9,14-15,27H2,1-2H3,(H,28,29). The number of alkyl halides is 1. The number of rotatable bonds is 11. The summed E-state index contributed by atoms with van der Waals surface area (Å²) in [7, 11) is 0. The minimum atomic E-state index is -0.999. The molecule has 3 N–H and O–H groups in total. The van der Waals surface area contributed by atoms with Crippen molar-refractivity contribution in [2.45, 2.75) is 51.3 Å². The molecule has 0 saturated carbocycles. The summed E-state index contributed by atoms with van der Waals surface area (Å²) < 4.78 is 6.13. The van der Waals surface area contributed by atoms with Crippen LogP contribution in [0.25, 0.3) is 6.08 Å². The first-order valence-electron chi connectivity index (χ1n) is 10.6. The number of carbonyl (C=O) groups is 1. The van der Waals surface area contributed by atoms with Gasteiger partial charge in [0.25, 0.3) is 0 Å². The fourth-order valence-corrected chi connectivity index (χ4v) is 3.57. The molecule has 2 atom stereocenters. The first-order chi connectivity index (χ1) is 14.4. The second-order valence-corrected chi connectivity index (χ2v) is 8.32. The van der Waals surface area contributed by atoms with Crippen LogP contribution in [0, 0.1) is 5.92 Å². The van der Waals surface area contributed by atoms with Gasteiger partial charge in [-0.15, -0.1) is 11.6 Å². The Labute approximate surface area is 184 Å². The third-order valence-electron chi connectivity index (χ3n) is 4.89. The minimum Gasteiger partial charge on any atom is -0.496 e. The van der Waals surface area contributed by atoms with Gasteiger partial charge < -0.3 is 15.6 Å². The molecule has 1 aromatic carbocycles. The maximum Gasteiger partial charge on any atom is 0.335 e. The molecule has 2 unspecified atom stereocenters. The van der Waals surface area contributed by atoms with Crippen molar-refractivity contribution >= 4 is 23.6 Å². The summed E-state index contributed by atoms with van der Waals surface area (Å²) in [6, 6.07) is 9.89. The first-order valence-corrected chi connectivity index (χ1v) is 11.0. The predicted molar refractivity (Wildman–Crippen MR) is 124 cm³/mol. The van der Waals surface area contributed by atoms with Crippen LogP contribution in [-0.2, 0) is 9.53 Å². The van der Waals surface area contributed by atoms with Crippen LogP contribution in [0.3, 0.4) is 0 Å². The molecule has 1 aromatic rings. The average Bonchev–Trinajstić information content (AvgIpc) is 2.70. The number of halogens is 1. The molecule has 0 fully saturated rings. The lowest BCUT2D eigenvalue weighted by molar-refractivity contribution is -0.133. The van der Waals surface area contributed by atoms with Crippen molar-refractivity contribution in [1.82, 2.24) is 0 Å². The van der Waals surface area contributed by atoms with E-state index in [0.717, 1.165) is 36.8 Å². The van der Waals surface area contributed by atoms with Crippen molar-refractivity contribution in [2.24, 2.45) is 11.7 Å². The zero-order chi connectivity index (χ0) is 21.9. The number of benzene rings is 1. The van der Waals surface area contributed by atoms with E-state index in [-0.39, 0.29) is 23.3 Å². The largest absolute Gasteiger partial charge is 0.496 e. The fourth-order valence-electron chi connectivity index (χ4n) is 3.41. The third kappa shape index (κ3) is 7.42. The van der Waals surface area contributed by atoms with Crippen LogP contribution in [0.1, 0.15) is 51.5 Å². The van der Waals surface area contributed by atoms with E-state index in [1.54, 1.807) is 13.0 Å². The second-order valence-electron chi connectivity index (χ2n) is 7.58. The summed E-state index contributed by atoms with van der Waals surface area (Å²) in [4.78, 5) is 12.1. The molecule has 5 heteroatoms. The van der Waals surface area contributed by atoms with Gasteiger partial charge in [-0.3, -0.25) is 0 Å². The zero-order valence-electron chi connectivity index (χ0n) is 17.8. The van der Waals surface area contributed by atoms with Gasteiger partial charge in [0.1, 0.15) is 5.76 Å². The Bertz CT molecular complexity index is 822. The molecule has 0 saturated heterocycles. The predicted octanol–water partition coefficient (Wildman–Crippen LogP) is 6.05. The van der Waals surface area contributed by atoms with E-state index in [9.17, 15) is 9.90 Å². The van der Waals surface area contributed by atoms with Gasteiger partial charge in [0.15, 0.2) is 0 Å². The highest BCUT2D eigenvalue weighted by molar-refractivity contribution is 6.20. The minimum absolute atomic E-state index is 0.218. The number of hydrogen-bond acceptors (Lipinski definition) is 3. The Morgan fingerprint density at radius 2 is 2.00 bits per heavy atom. The maximum absolute atomic E-state index is 12.1. The lowest BCUT2D eigenvalue weighted by Gasteiger charge is -2.25. The first kappa shape index (κ1) is 23.8. The number of hydrogen-bond donors (Lipinski definition) is 2. The molecule has 30 heavy (non-hydrogen) atoms. The molecule has 0 heterocycles. The normalized spacial score (nSPS) is 19.2. The highest BCUT2D eigenvalue weighted by Gasteiger charge is 2.27. The van der Waals surface area contributed by atoms with Crippen molar-refractivity contribution in [1.29, 1.82) is 0 Å². The van der Waals surface area contributed by atoms with Gasteiger partial charge in [0.2, 0.25) is 0 Å². The highest BCUT2D eigenvalue weighted by atomic mass is 35.5. The van der Waals surface area contributed by atoms with E-state index in [1.807, 2.05) is 48.6 Å². The number of aliphatic carboxylic acids is 1. The number of ether oxygens (including phenoxy) is 1. The van der Waals surface area contributed by atoms with Gasteiger partial charge in [0.05, 0.1) is 18.1 Å². The SMILES string of the molecule is CCCCCCOC(=C(CC(C)Cl)C(=O)O)C1C=CC(N)=CC1=Cc1ccccc1. The highest BCUT2D eigenvalue weighted by Crippen LogP contribution is 2.34. The van der Waals surface area contributed by atoms with Crippen molar-refractivity contribution in [2.75, 3.05) is 6.61 Å². The van der Waals surface area contributed by atoms with Gasteiger partial charge in [-0.05, 0) is 43.1 Å². The van der Waals surface area contributed by atoms with Crippen molar-refractivity contribution in [3.05, 3.63) is 76.7 Å². The van der Waals surface area contributed by atoms with Gasteiger partial charge in [-0.2, -0.15) is 0 Å². The van der Waals surface area contributed by atoms with Gasteiger partial charge in [-0.25, -0.2) is 4.79 Å². The van der Waals surface area contributed by atoms with Crippen LogP contribution in [0.4, 0.5) is 0 Å². The Morgan fingerprint density at radius 3 is 2.63 bits per heavy atom. The van der Waals surface area contributed by atoms with E-state index >= 15 is 0 Å². The third-order valence-corrected chi connectivity index (χ3v) is 5.04. The van der Waals surface area contributed by atoms with Gasteiger partial charge >= 0.3 is 5.97 Å². The van der Waals surface area contributed by atoms with Crippen LogP contribution in [0.15, 0.2) is 71.2 Å². The Balaban J connectivity index is 2.44. The molecule has 2 rings (SSSR count). The number of carboxylic acid groups (broad SMARTS) is 1. The van der Waals surface area contributed by atoms with Crippen molar-refractivity contribution in [3.63, 3.8) is 0 Å².